The van der Waals surface area contributed by atoms with Crippen LogP contribution in [-0.4, -0.2) is 41.1 Å². The number of ketones is 1. The third-order valence-electron chi connectivity index (χ3n) is 5.71. The summed E-state index contributed by atoms with van der Waals surface area (Å²) in [6.45, 7) is 6.80. The normalized spacial score (nSPS) is 11.8. The van der Waals surface area contributed by atoms with Crippen LogP contribution in [0.4, 0.5) is 4.39 Å². The molecule has 0 bridgehead atoms. The molecule has 10 heteroatoms. The zero-order chi connectivity index (χ0) is 28.3. The zero-order valence-corrected chi connectivity index (χ0v) is 22.9. The van der Waals surface area contributed by atoms with Gasteiger partial charge >= 0.3 is 5.97 Å². The van der Waals surface area contributed by atoms with E-state index >= 15 is 0 Å². The van der Waals surface area contributed by atoms with Crippen molar-refractivity contribution < 1.29 is 27.1 Å². The number of sulfone groups is 1. The average Bonchev–Trinajstić information content (AvgIpc) is 2.83. The predicted octanol–water partition coefficient (Wildman–Crippen LogP) is 4.03. The van der Waals surface area contributed by atoms with Crippen molar-refractivity contribution in [2.45, 2.75) is 51.9 Å². The largest absolute Gasteiger partial charge is 0.460 e. The fourth-order valence-electron chi connectivity index (χ4n) is 3.81. The van der Waals surface area contributed by atoms with Gasteiger partial charge in [-0.1, -0.05) is 6.92 Å². The molecule has 0 aliphatic carbocycles. The fraction of sp³-hybridized carbons (Fsp3) is 0.357. The highest BCUT2D eigenvalue weighted by Crippen LogP contribution is 2.30. The molecule has 0 amide bonds. The van der Waals surface area contributed by atoms with E-state index in [0.29, 0.717) is 22.3 Å². The number of carbonyl (C=O) groups is 2. The average molecular weight is 543 g/mol. The molecule has 2 aromatic heterocycles. The minimum Gasteiger partial charge on any atom is -0.460 e. The lowest BCUT2D eigenvalue weighted by Crippen LogP contribution is -2.24. The third-order valence-corrected chi connectivity index (χ3v) is 7.37. The van der Waals surface area contributed by atoms with E-state index in [0.717, 1.165) is 12.1 Å². The Hall–Kier alpha value is -3.66. The molecular formula is C28H31FN2O6S. The first kappa shape index (κ1) is 28.9. The second-order valence-electron chi connectivity index (χ2n) is 10.0. The van der Waals surface area contributed by atoms with Gasteiger partial charge in [-0.2, -0.15) is 0 Å². The van der Waals surface area contributed by atoms with E-state index < -0.39 is 33.0 Å². The summed E-state index contributed by atoms with van der Waals surface area (Å²) >= 11 is 0. The first-order valence-electron chi connectivity index (χ1n) is 12.1. The van der Waals surface area contributed by atoms with Gasteiger partial charge in [0, 0.05) is 54.4 Å². The highest BCUT2D eigenvalue weighted by molar-refractivity contribution is 7.90. The Bertz CT molecular complexity index is 1520. The molecule has 3 rings (SSSR count). The van der Waals surface area contributed by atoms with Crippen LogP contribution in [0.15, 0.2) is 53.6 Å². The summed E-state index contributed by atoms with van der Waals surface area (Å²) in [5.41, 5.74) is 0.790. The van der Waals surface area contributed by atoms with Crippen molar-refractivity contribution in [2.75, 3.05) is 5.75 Å². The number of carbonyl (C=O) groups excluding carboxylic acids is 2. The Morgan fingerprint density at radius 2 is 1.74 bits per heavy atom. The van der Waals surface area contributed by atoms with Crippen LogP contribution < -0.4 is 5.56 Å². The van der Waals surface area contributed by atoms with Crippen LogP contribution in [0.25, 0.3) is 11.1 Å². The van der Waals surface area contributed by atoms with Crippen molar-refractivity contribution >= 4 is 21.6 Å². The molecule has 0 N–H and O–H groups in total. The van der Waals surface area contributed by atoms with E-state index in [1.54, 1.807) is 33.9 Å². The lowest BCUT2D eigenvalue weighted by atomic mass is 9.93. The Balaban J connectivity index is 2.17. The number of benzene rings is 1. The Morgan fingerprint density at radius 3 is 2.34 bits per heavy atom. The van der Waals surface area contributed by atoms with E-state index in [1.165, 1.54) is 42.1 Å². The molecule has 0 aliphatic rings. The molecule has 0 fully saturated rings. The third kappa shape index (κ3) is 7.44. The summed E-state index contributed by atoms with van der Waals surface area (Å²) in [6.07, 6.45) is 2.98. The minimum atomic E-state index is -3.41. The monoisotopic (exact) mass is 542 g/mol. The van der Waals surface area contributed by atoms with Crippen molar-refractivity contribution in [3.8, 4) is 11.1 Å². The van der Waals surface area contributed by atoms with Gasteiger partial charge in [-0.25, -0.2) is 12.8 Å². The number of aryl methyl sites for hydroxylation is 2. The van der Waals surface area contributed by atoms with Gasteiger partial charge in [-0.3, -0.25) is 19.4 Å². The zero-order valence-electron chi connectivity index (χ0n) is 22.1. The lowest BCUT2D eigenvalue weighted by molar-refractivity contribution is -0.154. The maximum Gasteiger partial charge on any atom is 0.306 e. The van der Waals surface area contributed by atoms with Crippen molar-refractivity contribution in [3.63, 3.8) is 0 Å². The highest BCUT2D eigenvalue weighted by Gasteiger charge is 2.23. The molecule has 8 nitrogen and oxygen atoms in total. The predicted molar refractivity (Wildman–Crippen MR) is 142 cm³/mol. The molecule has 0 unspecified atom stereocenters. The van der Waals surface area contributed by atoms with Gasteiger partial charge in [0.15, 0.2) is 9.84 Å². The molecular weight excluding hydrogens is 511 g/mol. The molecule has 0 aliphatic heterocycles. The molecule has 0 radical (unpaired) electrons. The SMILES string of the molecule is CCS(=O)(=O)Cc1cnc(C(=O)c2ccc(F)cc2)c(-c2cn(C)c(=O)cc2CCC(=O)OC(C)(C)C)c1. The first-order valence-corrected chi connectivity index (χ1v) is 13.9. The summed E-state index contributed by atoms with van der Waals surface area (Å²) in [7, 11) is -1.86. The molecule has 38 heavy (non-hydrogen) atoms. The van der Waals surface area contributed by atoms with Crippen molar-refractivity contribution in [2.24, 2.45) is 7.05 Å². The summed E-state index contributed by atoms with van der Waals surface area (Å²) in [4.78, 5) is 42.7. The van der Waals surface area contributed by atoms with Gasteiger partial charge in [0.25, 0.3) is 5.56 Å². The van der Waals surface area contributed by atoms with E-state index in [-0.39, 0.29) is 41.2 Å². The maximum atomic E-state index is 13.5. The Morgan fingerprint density at radius 1 is 1.08 bits per heavy atom. The van der Waals surface area contributed by atoms with E-state index in [4.69, 9.17) is 4.74 Å². The van der Waals surface area contributed by atoms with E-state index in [9.17, 15) is 27.2 Å². The molecule has 0 saturated carbocycles. The van der Waals surface area contributed by atoms with Crippen molar-refractivity contribution in [1.82, 2.24) is 9.55 Å². The van der Waals surface area contributed by atoms with Crippen LogP contribution >= 0.6 is 0 Å². The van der Waals surface area contributed by atoms with E-state index in [1.807, 2.05) is 0 Å². The van der Waals surface area contributed by atoms with Crippen molar-refractivity contribution in [3.05, 3.63) is 87.3 Å². The number of nitrogens with zero attached hydrogens (tertiary/aromatic N) is 2. The van der Waals surface area contributed by atoms with E-state index in [2.05, 4.69) is 4.98 Å². The van der Waals surface area contributed by atoms with Crippen LogP contribution in [0.3, 0.4) is 0 Å². The van der Waals surface area contributed by atoms with Crippen LogP contribution in [0.1, 0.15) is 61.3 Å². The van der Waals surface area contributed by atoms with Gasteiger partial charge in [0.1, 0.15) is 17.1 Å². The van der Waals surface area contributed by atoms with Gasteiger partial charge in [0.05, 0.1) is 5.75 Å². The highest BCUT2D eigenvalue weighted by atomic mass is 32.2. The van der Waals surface area contributed by atoms with Crippen LogP contribution in [-0.2, 0) is 38.6 Å². The summed E-state index contributed by atoms with van der Waals surface area (Å²) in [6, 6.07) is 7.93. The minimum absolute atomic E-state index is 0.00595. The number of hydrogen-bond donors (Lipinski definition) is 0. The number of pyridine rings is 2. The number of aromatic nitrogens is 2. The Labute approximate surface area is 221 Å². The second kappa shape index (κ2) is 11.4. The van der Waals surface area contributed by atoms with Crippen LogP contribution in [0.2, 0.25) is 0 Å². The Kier molecular flexibility index (Phi) is 8.66. The molecule has 3 aromatic rings. The summed E-state index contributed by atoms with van der Waals surface area (Å²) in [5, 5.41) is 0. The van der Waals surface area contributed by atoms with Gasteiger partial charge in [0.2, 0.25) is 5.78 Å². The maximum absolute atomic E-state index is 13.5. The number of ether oxygens (including phenoxy) is 1. The fourth-order valence-corrected chi connectivity index (χ4v) is 4.68. The molecule has 0 atom stereocenters. The number of esters is 1. The summed E-state index contributed by atoms with van der Waals surface area (Å²) < 4.78 is 44.8. The van der Waals surface area contributed by atoms with Crippen molar-refractivity contribution in [1.29, 1.82) is 0 Å². The number of halogens is 1. The van der Waals surface area contributed by atoms with Gasteiger partial charge in [-0.15, -0.1) is 0 Å². The quantitative estimate of drug-likeness (QED) is 0.296. The number of rotatable bonds is 9. The first-order chi connectivity index (χ1) is 17.7. The molecule has 2 heterocycles. The molecule has 202 valence electrons. The molecule has 0 saturated heterocycles. The smallest absolute Gasteiger partial charge is 0.306 e. The van der Waals surface area contributed by atoms with Crippen LogP contribution in [0, 0.1) is 5.82 Å². The summed E-state index contributed by atoms with van der Waals surface area (Å²) in [5.74, 6) is -1.81. The second-order valence-corrected chi connectivity index (χ2v) is 12.4. The van der Waals surface area contributed by atoms with Gasteiger partial charge in [-0.05, 0) is 68.7 Å². The molecule has 1 aromatic carbocycles. The van der Waals surface area contributed by atoms with Crippen LogP contribution in [0.5, 0.6) is 0 Å². The number of hydrogen-bond acceptors (Lipinski definition) is 7. The standard InChI is InChI=1S/C28H31FN2O6S/c1-6-38(35,36)17-18-13-22(26(30-15-18)27(34)19-7-10-21(29)11-8-19)23-16-31(5)24(32)14-20(23)9-12-25(33)37-28(2,3)4/h7-8,10-11,13-16H,6,9,12,17H2,1-5H3. The topological polar surface area (TPSA) is 112 Å². The lowest BCUT2D eigenvalue weighted by Gasteiger charge is -2.20. The molecule has 0 spiro atoms. The van der Waals surface area contributed by atoms with Gasteiger partial charge < -0.3 is 9.30 Å².